The Labute approximate surface area is 91.6 Å². The maximum atomic E-state index is 11.8. The maximum Gasteiger partial charge on any atom is 0.260 e. The molecule has 3 N–H and O–H groups in total. The number of hydrogen-bond donors (Lipinski definition) is 3. The van der Waals surface area contributed by atoms with Gasteiger partial charge in [0.1, 0.15) is 5.52 Å². The minimum Gasteiger partial charge on any atom is -0.492 e. The average molecular weight is 242 g/mol. The van der Waals surface area contributed by atoms with Gasteiger partial charge in [0.05, 0.1) is 5.39 Å². The van der Waals surface area contributed by atoms with E-state index in [0.29, 0.717) is 5.39 Å². The van der Waals surface area contributed by atoms with Crippen molar-refractivity contribution in [2.24, 2.45) is 0 Å². The highest BCUT2D eigenvalue weighted by Crippen LogP contribution is 2.24. The zero-order chi connectivity index (χ0) is 11.8. The molecular formula is C8H10N4O3S. The number of nitrogens with zero attached hydrogens (tertiary/aromatic N) is 2. The van der Waals surface area contributed by atoms with Crippen molar-refractivity contribution in [3.63, 3.8) is 0 Å². The van der Waals surface area contributed by atoms with Gasteiger partial charge >= 0.3 is 0 Å². The van der Waals surface area contributed by atoms with Crippen LogP contribution >= 0.6 is 0 Å². The van der Waals surface area contributed by atoms with Crippen molar-refractivity contribution in [2.45, 2.75) is 11.9 Å². The van der Waals surface area contributed by atoms with Gasteiger partial charge in [-0.25, -0.2) is 18.1 Å². The Morgan fingerprint density at radius 3 is 3.00 bits per heavy atom. The first-order valence-corrected chi connectivity index (χ1v) is 6.06. The van der Waals surface area contributed by atoms with Gasteiger partial charge in [-0.15, -0.1) is 5.10 Å². The van der Waals surface area contributed by atoms with E-state index in [1.54, 1.807) is 6.92 Å². The first kappa shape index (κ1) is 10.8. The highest BCUT2D eigenvalue weighted by Gasteiger charge is 2.20. The normalized spacial score (nSPS) is 12.1. The van der Waals surface area contributed by atoms with E-state index < -0.39 is 10.0 Å². The lowest BCUT2D eigenvalue weighted by atomic mass is 10.3. The third-order valence-corrected chi connectivity index (χ3v) is 3.51. The van der Waals surface area contributed by atoms with Gasteiger partial charge in [0.15, 0.2) is 5.03 Å². The van der Waals surface area contributed by atoms with Gasteiger partial charge in [0.25, 0.3) is 10.0 Å². The molecule has 0 amide bonds. The molecule has 0 aromatic carbocycles. The fourth-order valence-electron chi connectivity index (χ4n) is 1.37. The molecule has 0 saturated heterocycles. The number of aromatic amines is 1. The van der Waals surface area contributed by atoms with Crippen molar-refractivity contribution in [3.05, 3.63) is 12.3 Å². The van der Waals surface area contributed by atoms with Crippen molar-refractivity contribution >= 4 is 20.9 Å². The summed E-state index contributed by atoms with van der Waals surface area (Å²) >= 11 is 0. The number of sulfonamides is 1. The fourth-order valence-corrected chi connectivity index (χ4v) is 2.51. The van der Waals surface area contributed by atoms with Gasteiger partial charge in [-0.1, -0.05) is 6.92 Å². The first-order chi connectivity index (χ1) is 7.56. The topological polar surface area (TPSA) is 108 Å². The minimum atomic E-state index is -3.67. The number of rotatable bonds is 3. The Morgan fingerprint density at radius 2 is 2.31 bits per heavy atom. The SMILES string of the molecule is CCNS(=O)(=O)c1nccc2c(O)n[nH]c12. The van der Waals surface area contributed by atoms with Crippen LogP contribution in [0.2, 0.25) is 0 Å². The smallest absolute Gasteiger partial charge is 0.260 e. The molecule has 2 rings (SSSR count). The van der Waals surface area contributed by atoms with Gasteiger partial charge < -0.3 is 5.11 Å². The predicted molar refractivity (Wildman–Crippen MR) is 56.4 cm³/mol. The highest BCUT2D eigenvalue weighted by molar-refractivity contribution is 7.89. The van der Waals surface area contributed by atoms with Crippen LogP contribution in [0.5, 0.6) is 5.88 Å². The zero-order valence-corrected chi connectivity index (χ0v) is 9.24. The standard InChI is InChI=1S/C8H10N4O3S/c1-2-10-16(14,15)8-6-5(3-4-9-8)7(13)12-11-6/h3-4,10H,2H2,1H3,(H2,11,12,13). The van der Waals surface area contributed by atoms with Crippen molar-refractivity contribution in [3.8, 4) is 5.88 Å². The van der Waals surface area contributed by atoms with Crippen LogP contribution in [-0.2, 0) is 10.0 Å². The van der Waals surface area contributed by atoms with Gasteiger partial charge in [-0.05, 0) is 6.07 Å². The monoisotopic (exact) mass is 242 g/mol. The second kappa shape index (κ2) is 3.72. The van der Waals surface area contributed by atoms with Crippen LogP contribution in [0.1, 0.15) is 6.92 Å². The first-order valence-electron chi connectivity index (χ1n) is 4.58. The van der Waals surface area contributed by atoms with Gasteiger partial charge in [0, 0.05) is 12.7 Å². The average Bonchev–Trinajstić information content (AvgIpc) is 2.60. The third kappa shape index (κ3) is 1.61. The van der Waals surface area contributed by atoms with Gasteiger partial charge in [-0.2, -0.15) is 0 Å². The number of nitrogens with one attached hydrogen (secondary N) is 2. The predicted octanol–water partition coefficient (Wildman–Crippen LogP) is -0.0383. The lowest BCUT2D eigenvalue weighted by molar-refractivity contribution is 0.457. The van der Waals surface area contributed by atoms with E-state index in [1.807, 2.05) is 0 Å². The number of aromatic hydroxyl groups is 1. The molecule has 0 fully saturated rings. The molecule has 7 nitrogen and oxygen atoms in total. The summed E-state index contributed by atoms with van der Waals surface area (Å²) < 4.78 is 25.8. The van der Waals surface area contributed by atoms with Crippen LogP contribution in [0.25, 0.3) is 10.9 Å². The number of pyridine rings is 1. The highest BCUT2D eigenvalue weighted by atomic mass is 32.2. The molecule has 0 aliphatic rings. The lowest BCUT2D eigenvalue weighted by Gasteiger charge is -2.03. The summed E-state index contributed by atoms with van der Waals surface area (Å²) in [6.45, 7) is 1.93. The van der Waals surface area contributed by atoms with Crippen molar-refractivity contribution < 1.29 is 13.5 Å². The fraction of sp³-hybridized carbons (Fsp3) is 0.250. The van der Waals surface area contributed by atoms with Crippen LogP contribution in [0.15, 0.2) is 17.3 Å². The van der Waals surface area contributed by atoms with E-state index in [1.165, 1.54) is 12.3 Å². The Morgan fingerprint density at radius 1 is 1.56 bits per heavy atom. The van der Waals surface area contributed by atoms with E-state index in [9.17, 15) is 13.5 Å². The molecule has 2 heterocycles. The number of H-pyrrole nitrogens is 1. The third-order valence-electron chi connectivity index (χ3n) is 2.02. The molecule has 0 saturated carbocycles. The summed E-state index contributed by atoms with van der Waals surface area (Å²) in [6.07, 6.45) is 1.31. The van der Waals surface area contributed by atoms with Crippen molar-refractivity contribution in [2.75, 3.05) is 6.54 Å². The Bertz CT molecular complexity index is 619. The molecule has 8 heteroatoms. The second-order valence-electron chi connectivity index (χ2n) is 3.09. The van der Waals surface area contributed by atoms with Crippen LogP contribution in [-0.4, -0.2) is 35.3 Å². The molecule has 0 atom stereocenters. The van der Waals surface area contributed by atoms with E-state index in [2.05, 4.69) is 19.9 Å². The molecule has 16 heavy (non-hydrogen) atoms. The molecule has 0 bridgehead atoms. The summed E-state index contributed by atoms with van der Waals surface area (Å²) in [5.41, 5.74) is 0.195. The second-order valence-corrected chi connectivity index (χ2v) is 4.77. The van der Waals surface area contributed by atoms with E-state index in [0.717, 1.165) is 0 Å². The summed E-state index contributed by atoms with van der Waals surface area (Å²) in [5.74, 6) is -0.245. The molecule has 0 radical (unpaired) electrons. The molecule has 0 aliphatic carbocycles. The zero-order valence-electron chi connectivity index (χ0n) is 8.43. The number of hydrogen-bond acceptors (Lipinski definition) is 5. The summed E-state index contributed by atoms with van der Waals surface area (Å²) in [6, 6.07) is 1.49. The summed E-state index contributed by atoms with van der Waals surface area (Å²) in [7, 11) is -3.67. The Balaban J connectivity index is 2.70. The quantitative estimate of drug-likeness (QED) is 0.700. The Hall–Kier alpha value is -1.67. The summed E-state index contributed by atoms with van der Waals surface area (Å²) in [5, 5.41) is 15.5. The molecule has 86 valence electrons. The molecular weight excluding hydrogens is 232 g/mol. The Kier molecular flexibility index (Phi) is 2.52. The van der Waals surface area contributed by atoms with Crippen molar-refractivity contribution in [1.82, 2.24) is 19.9 Å². The van der Waals surface area contributed by atoms with E-state index in [-0.39, 0.29) is 23.0 Å². The molecule has 2 aromatic heterocycles. The largest absolute Gasteiger partial charge is 0.492 e. The molecule has 2 aromatic rings. The van der Waals surface area contributed by atoms with Gasteiger partial charge in [-0.3, -0.25) is 5.10 Å². The lowest BCUT2D eigenvalue weighted by Crippen LogP contribution is -2.24. The van der Waals surface area contributed by atoms with E-state index >= 15 is 0 Å². The maximum absolute atomic E-state index is 11.8. The molecule has 0 spiro atoms. The molecule has 0 aliphatic heterocycles. The molecule has 0 unspecified atom stereocenters. The van der Waals surface area contributed by atoms with Gasteiger partial charge in [0.2, 0.25) is 5.88 Å². The van der Waals surface area contributed by atoms with E-state index in [4.69, 9.17) is 0 Å². The van der Waals surface area contributed by atoms with Crippen molar-refractivity contribution in [1.29, 1.82) is 0 Å². The number of aromatic nitrogens is 3. The van der Waals surface area contributed by atoms with Crippen LogP contribution in [0, 0.1) is 0 Å². The van der Waals surface area contributed by atoms with Crippen LogP contribution in [0.4, 0.5) is 0 Å². The summed E-state index contributed by atoms with van der Waals surface area (Å²) in [4.78, 5) is 3.78. The van der Waals surface area contributed by atoms with Crippen LogP contribution < -0.4 is 4.72 Å². The number of fused-ring (bicyclic) bond motifs is 1. The van der Waals surface area contributed by atoms with Crippen LogP contribution in [0.3, 0.4) is 0 Å². The minimum absolute atomic E-state index is 0.167.